The van der Waals surface area contributed by atoms with Crippen LogP contribution < -0.4 is 5.32 Å². The number of rotatable bonds is 12. The Morgan fingerprint density at radius 1 is 1.17 bits per heavy atom. The lowest BCUT2D eigenvalue weighted by Crippen LogP contribution is -2.41. The molecule has 0 rings (SSSR count). The lowest BCUT2D eigenvalue weighted by molar-refractivity contribution is 0.187. The monoisotopic (exact) mass is 259 g/mol. The maximum absolute atomic E-state index is 5.04. The van der Waals surface area contributed by atoms with E-state index >= 15 is 0 Å². The van der Waals surface area contributed by atoms with Crippen LogP contribution in [0.1, 0.15) is 26.7 Å². The highest BCUT2D eigenvalue weighted by atomic mass is 16.5. The van der Waals surface area contributed by atoms with Gasteiger partial charge in [-0.05, 0) is 60.0 Å². The molecule has 0 spiro atoms. The number of hydrogen-bond donors (Lipinski definition) is 1. The summed E-state index contributed by atoms with van der Waals surface area (Å²) < 4.78 is 5.04. The van der Waals surface area contributed by atoms with E-state index in [1.165, 1.54) is 19.5 Å². The predicted octanol–water partition coefficient (Wildman–Crippen LogP) is 1.27. The maximum Gasteiger partial charge on any atom is 0.0474 e. The zero-order valence-electron chi connectivity index (χ0n) is 13.0. The number of likely N-dealkylation sites (N-methyl/N-ethyl adjacent to an activating group) is 1. The van der Waals surface area contributed by atoms with E-state index in [2.05, 4.69) is 43.1 Å². The van der Waals surface area contributed by atoms with E-state index in [9.17, 15) is 0 Å². The molecule has 1 unspecified atom stereocenters. The van der Waals surface area contributed by atoms with Gasteiger partial charge in [-0.2, -0.15) is 0 Å². The number of methoxy groups -OCH3 is 1. The van der Waals surface area contributed by atoms with Gasteiger partial charge in [0, 0.05) is 26.3 Å². The highest BCUT2D eigenvalue weighted by molar-refractivity contribution is 4.69. The summed E-state index contributed by atoms with van der Waals surface area (Å²) in [6.07, 6.45) is 2.34. The fraction of sp³-hybridized carbons (Fsp3) is 1.00. The Kier molecular flexibility index (Phi) is 11.8. The summed E-state index contributed by atoms with van der Waals surface area (Å²) in [4.78, 5) is 4.80. The minimum atomic E-state index is 0.611. The lowest BCUT2D eigenvalue weighted by Gasteiger charge is -2.28. The first-order valence-electron chi connectivity index (χ1n) is 7.20. The smallest absolute Gasteiger partial charge is 0.0474 e. The summed E-state index contributed by atoms with van der Waals surface area (Å²) >= 11 is 0. The van der Waals surface area contributed by atoms with Crippen LogP contribution in [0.25, 0.3) is 0 Å². The third-order valence-electron chi connectivity index (χ3n) is 3.22. The van der Waals surface area contributed by atoms with Crippen LogP contribution in [0, 0.1) is 0 Å². The average molecular weight is 259 g/mol. The normalized spacial score (nSPS) is 13.5. The fourth-order valence-corrected chi connectivity index (χ4v) is 2.06. The van der Waals surface area contributed by atoms with Crippen molar-refractivity contribution >= 4 is 0 Å². The van der Waals surface area contributed by atoms with E-state index in [0.717, 1.165) is 32.7 Å². The summed E-state index contributed by atoms with van der Waals surface area (Å²) in [5.41, 5.74) is 0. The molecule has 4 nitrogen and oxygen atoms in total. The van der Waals surface area contributed by atoms with Crippen molar-refractivity contribution in [1.29, 1.82) is 0 Å². The van der Waals surface area contributed by atoms with Gasteiger partial charge in [0.15, 0.2) is 0 Å². The van der Waals surface area contributed by atoms with E-state index < -0.39 is 0 Å². The molecule has 0 aromatic heterocycles. The van der Waals surface area contributed by atoms with E-state index in [1.54, 1.807) is 7.11 Å². The van der Waals surface area contributed by atoms with Crippen molar-refractivity contribution in [3.05, 3.63) is 0 Å². The van der Waals surface area contributed by atoms with Crippen molar-refractivity contribution in [1.82, 2.24) is 15.1 Å². The van der Waals surface area contributed by atoms with Crippen LogP contribution >= 0.6 is 0 Å². The van der Waals surface area contributed by atoms with Crippen LogP contribution in [-0.2, 0) is 4.74 Å². The highest BCUT2D eigenvalue weighted by Gasteiger charge is 2.10. The third kappa shape index (κ3) is 9.83. The minimum Gasteiger partial charge on any atom is -0.385 e. The van der Waals surface area contributed by atoms with Crippen LogP contribution in [0.15, 0.2) is 0 Å². The molecule has 1 N–H and O–H groups in total. The Morgan fingerprint density at radius 3 is 2.44 bits per heavy atom. The number of ether oxygens (including phenoxy) is 1. The average Bonchev–Trinajstić information content (AvgIpc) is 2.33. The molecular weight excluding hydrogens is 226 g/mol. The molecule has 0 aliphatic carbocycles. The molecule has 0 saturated carbocycles. The van der Waals surface area contributed by atoms with Crippen LogP contribution in [0.4, 0.5) is 0 Å². The van der Waals surface area contributed by atoms with E-state index in [0.29, 0.717) is 6.04 Å². The molecule has 0 amide bonds. The van der Waals surface area contributed by atoms with E-state index in [4.69, 9.17) is 4.74 Å². The Labute approximate surface area is 114 Å². The molecule has 0 saturated heterocycles. The molecular formula is C14H33N3O. The minimum absolute atomic E-state index is 0.611. The number of nitrogens with one attached hydrogen (secondary N) is 1. The van der Waals surface area contributed by atoms with Crippen molar-refractivity contribution in [2.45, 2.75) is 32.7 Å². The topological polar surface area (TPSA) is 27.7 Å². The van der Waals surface area contributed by atoms with Crippen LogP contribution in [0.5, 0.6) is 0 Å². The summed E-state index contributed by atoms with van der Waals surface area (Å²) in [7, 11) is 6.03. The second-order valence-electron chi connectivity index (χ2n) is 5.18. The Hall–Kier alpha value is -0.160. The van der Waals surface area contributed by atoms with Gasteiger partial charge in [0.25, 0.3) is 0 Å². The molecule has 0 aromatic rings. The van der Waals surface area contributed by atoms with Crippen LogP contribution in [-0.4, -0.2) is 76.4 Å². The highest BCUT2D eigenvalue weighted by Crippen LogP contribution is 2.00. The van der Waals surface area contributed by atoms with Crippen LogP contribution in [0.2, 0.25) is 0 Å². The third-order valence-corrected chi connectivity index (χ3v) is 3.22. The number of nitrogens with zero attached hydrogens (tertiary/aromatic N) is 2. The molecule has 0 aliphatic heterocycles. The SMILES string of the molecule is CCN(CCCN(C)C)C(C)CNCCCOC. The molecule has 110 valence electrons. The van der Waals surface area contributed by atoms with Crippen molar-refractivity contribution < 1.29 is 4.74 Å². The molecule has 0 heterocycles. The van der Waals surface area contributed by atoms with E-state index in [-0.39, 0.29) is 0 Å². The summed E-state index contributed by atoms with van der Waals surface area (Å²) in [6, 6.07) is 0.611. The maximum atomic E-state index is 5.04. The van der Waals surface area contributed by atoms with Crippen molar-refractivity contribution in [2.75, 3.05) is 60.5 Å². The van der Waals surface area contributed by atoms with Gasteiger partial charge in [0.1, 0.15) is 0 Å². The van der Waals surface area contributed by atoms with Gasteiger partial charge >= 0.3 is 0 Å². The Morgan fingerprint density at radius 2 is 1.89 bits per heavy atom. The quantitative estimate of drug-likeness (QED) is 0.534. The van der Waals surface area contributed by atoms with Gasteiger partial charge in [-0.3, -0.25) is 4.90 Å². The van der Waals surface area contributed by atoms with Gasteiger partial charge in [0.05, 0.1) is 0 Å². The summed E-state index contributed by atoms with van der Waals surface area (Å²) in [5.74, 6) is 0. The largest absolute Gasteiger partial charge is 0.385 e. The van der Waals surface area contributed by atoms with Gasteiger partial charge in [-0.15, -0.1) is 0 Å². The summed E-state index contributed by atoms with van der Waals surface area (Å²) in [6.45, 7) is 11.0. The van der Waals surface area contributed by atoms with Crippen LogP contribution in [0.3, 0.4) is 0 Å². The first-order valence-corrected chi connectivity index (χ1v) is 7.20. The fourth-order valence-electron chi connectivity index (χ4n) is 2.06. The Balaban J connectivity index is 3.64. The molecule has 0 radical (unpaired) electrons. The second-order valence-corrected chi connectivity index (χ2v) is 5.18. The second kappa shape index (κ2) is 11.9. The zero-order valence-corrected chi connectivity index (χ0v) is 13.0. The first-order chi connectivity index (χ1) is 8.61. The van der Waals surface area contributed by atoms with Gasteiger partial charge in [-0.25, -0.2) is 0 Å². The molecule has 1 atom stereocenters. The lowest BCUT2D eigenvalue weighted by atomic mass is 10.2. The molecule has 0 aliphatic rings. The Bertz CT molecular complexity index is 176. The predicted molar refractivity (Wildman–Crippen MR) is 79.2 cm³/mol. The van der Waals surface area contributed by atoms with Gasteiger partial charge < -0.3 is 15.0 Å². The molecule has 0 bridgehead atoms. The van der Waals surface area contributed by atoms with E-state index in [1.807, 2.05) is 0 Å². The summed E-state index contributed by atoms with van der Waals surface area (Å²) in [5, 5.41) is 3.50. The zero-order chi connectivity index (χ0) is 13.8. The van der Waals surface area contributed by atoms with Crippen molar-refractivity contribution in [3.8, 4) is 0 Å². The van der Waals surface area contributed by atoms with Gasteiger partial charge in [-0.1, -0.05) is 6.92 Å². The van der Waals surface area contributed by atoms with Gasteiger partial charge in [0.2, 0.25) is 0 Å². The molecule has 4 heteroatoms. The standard InChI is InChI=1S/C14H33N3O/c1-6-17(11-8-10-16(3)4)14(2)13-15-9-7-12-18-5/h14-15H,6-13H2,1-5H3. The number of hydrogen-bond acceptors (Lipinski definition) is 4. The molecule has 0 fully saturated rings. The molecule has 0 aromatic carbocycles. The van der Waals surface area contributed by atoms with Crippen molar-refractivity contribution in [3.63, 3.8) is 0 Å². The van der Waals surface area contributed by atoms with Crippen molar-refractivity contribution in [2.24, 2.45) is 0 Å². The first kappa shape index (κ1) is 17.8. The molecule has 18 heavy (non-hydrogen) atoms.